The molecular weight excluding hydrogens is 430 g/mol. The predicted octanol–water partition coefficient (Wildman–Crippen LogP) is 1.86. The van der Waals surface area contributed by atoms with E-state index in [4.69, 9.17) is 0 Å². The molecule has 2 heterocycles. The molecule has 0 spiro atoms. The number of nitrogens with one attached hydrogen (secondary N) is 1. The summed E-state index contributed by atoms with van der Waals surface area (Å²) in [6.07, 6.45) is -0.123. The molecular formula is C26H29N5O3. The van der Waals surface area contributed by atoms with Crippen LogP contribution in [-0.4, -0.2) is 54.9 Å². The zero-order valence-corrected chi connectivity index (χ0v) is 20.0. The number of aromatic nitrogens is 4. The van der Waals surface area contributed by atoms with Gasteiger partial charge < -0.3 is 20.1 Å². The van der Waals surface area contributed by atoms with Crippen LogP contribution in [0.1, 0.15) is 55.9 Å². The minimum absolute atomic E-state index is 0.0744. The maximum atomic E-state index is 12.5. The number of benzene rings is 1. The molecule has 34 heavy (non-hydrogen) atoms. The van der Waals surface area contributed by atoms with Crippen molar-refractivity contribution in [2.45, 2.75) is 57.8 Å². The third kappa shape index (κ3) is 3.30. The molecule has 2 fully saturated rings. The SMILES string of the molecule is CNC(=O)[C@@]12C[C@@H]1[C@@H](n1cnc3c(C)nc(C#Cc4ccc(C(C)(C)C)cc4)nc31)[C@@H](O)[C@H]2O. The first-order valence-corrected chi connectivity index (χ1v) is 11.5. The van der Waals surface area contributed by atoms with Gasteiger partial charge in [0.15, 0.2) is 5.65 Å². The minimum atomic E-state index is -1.14. The van der Waals surface area contributed by atoms with Crippen LogP contribution >= 0.6 is 0 Å². The van der Waals surface area contributed by atoms with Crippen molar-refractivity contribution in [3.8, 4) is 11.8 Å². The van der Waals surface area contributed by atoms with E-state index in [-0.39, 0.29) is 17.2 Å². The summed E-state index contributed by atoms with van der Waals surface area (Å²) in [4.78, 5) is 26.0. The van der Waals surface area contributed by atoms with Crippen LogP contribution in [0.15, 0.2) is 30.6 Å². The molecule has 1 amide bonds. The molecule has 2 aliphatic rings. The van der Waals surface area contributed by atoms with Crippen LogP contribution in [0, 0.1) is 30.1 Å². The van der Waals surface area contributed by atoms with Gasteiger partial charge in [0.05, 0.1) is 29.6 Å². The number of carbonyl (C=O) groups excluding carboxylic acids is 1. The molecule has 0 bridgehead atoms. The summed E-state index contributed by atoms with van der Waals surface area (Å²) in [5, 5.41) is 24.1. The summed E-state index contributed by atoms with van der Waals surface area (Å²) in [6, 6.07) is 7.64. The number of carbonyl (C=O) groups is 1. The van der Waals surface area contributed by atoms with Gasteiger partial charge in [0.1, 0.15) is 11.6 Å². The fraction of sp³-hybridized carbons (Fsp3) is 0.462. The number of amides is 1. The number of hydrogen-bond donors (Lipinski definition) is 3. The Balaban J connectivity index is 1.49. The maximum Gasteiger partial charge on any atom is 0.229 e. The van der Waals surface area contributed by atoms with Gasteiger partial charge in [0.2, 0.25) is 11.7 Å². The molecule has 2 aromatic heterocycles. The molecule has 5 rings (SSSR count). The van der Waals surface area contributed by atoms with Crippen molar-refractivity contribution >= 4 is 17.1 Å². The Morgan fingerprint density at radius 2 is 1.88 bits per heavy atom. The molecule has 1 aromatic carbocycles. The molecule has 2 saturated carbocycles. The van der Waals surface area contributed by atoms with Crippen LogP contribution in [0.4, 0.5) is 0 Å². The number of aliphatic hydroxyl groups is 2. The van der Waals surface area contributed by atoms with Gasteiger partial charge in [0, 0.05) is 18.5 Å². The third-order valence-corrected chi connectivity index (χ3v) is 7.31. The van der Waals surface area contributed by atoms with Crippen molar-refractivity contribution < 1.29 is 15.0 Å². The number of hydrogen-bond acceptors (Lipinski definition) is 6. The zero-order chi connectivity index (χ0) is 24.4. The van der Waals surface area contributed by atoms with E-state index in [1.807, 2.05) is 19.1 Å². The summed E-state index contributed by atoms with van der Waals surface area (Å²) in [7, 11) is 1.55. The number of imidazole rings is 1. The Bertz CT molecular complexity index is 1340. The lowest BCUT2D eigenvalue weighted by Crippen LogP contribution is -2.41. The number of nitrogens with zero attached hydrogens (tertiary/aromatic N) is 4. The Hall–Kier alpha value is -3.28. The van der Waals surface area contributed by atoms with Crippen LogP contribution in [-0.2, 0) is 10.2 Å². The smallest absolute Gasteiger partial charge is 0.229 e. The first kappa shape index (κ1) is 22.5. The van der Waals surface area contributed by atoms with E-state index in [9.17, 15) is 15.0 Å². The first-order valence-electron chi connectivity index (χ1n) is 11.5. The lowest BCUT2D eigenvalue weighted by molar-refractivity contribution is -0.132. The topological polar surface area (TPSA) is 113 Å². The summed E-state index contributed by atoms with van der Waals surface area (Å²) in [5.41, 5.74) is 3.05. The monoisotopic (exact) mass is 459 g/mol. The standard InChI is InChI=1S/C26H29N5O3/c1-14-19-23(30-18(29-14)11-8-15-6-9-16(10-7-15)25(2,3)4)31(13-28-19)20-17-12-26(17,24(34)27-5)22(33)21(20)32/h6-7,9-10,13,17,20-22,32-33H,12H2,1-5H3,(H,27,34)/t17-,20-,21-,22-,26+/m1/s1. The van der Waals surface area contributed by atoms with Gasteiger partial charge in [0.25, 0.3) is 0 Å². The fourth-order valence-electron chi connectivity index (χ4n) is 5.30. The molecule has 176 valence electrons. The largest absolute Gasteiger partial charge is 0.389 e. The summed E-state index contributed by atoms with van der Waals surface area (Å²) < 4.78 is 1.77. The highest BCUT2D eigenvalue weighted by Crippen LogP contribution is 2.67. The van der Waals surface area contributed by atoms with E-state index in [2.05, 4.69) is 65.0 Å². The average molecular weight is 460 g/mol. The lowest BCUT2D eigenvalue weighted by atomic mass is 9.87. The Morgan fingerprint density at radius 1 is 1.18 bits per heavy atom. The second kappa shape index (κ2) is 7.62. The number of aliphatic hydroxyl groups excluding tert-OH is 2. The number of aryl methyl sites for hydroxylation is 1. The minimum Gasteiger partial charge on any atom is -0.389 e. The van der Waals surface area contributed by atoms with Gasteiger partial charge in [-0.3, -0.25) is 4.79 Å². The normalized spacial score (nSPS) is 27.7. The van der Waals surface area contributed by atoms with E-state index >= 15 is 0 Å². The molecule has 5 atom stereocenters. The highest BCUT2D eigenvalue weighted by atomic mass is 16.3. The molecule has 0 saturated heterocycles. The average Bonchev–Trinajstić information content (AvgIpc) is 3.33. The Labute approximate surface area is 198 Å². The first-order chi connectivity index (χ1) is 16.1. The van der Waals surface area contributed by atoms with E-state index in [0.29, 0.717) is 29.1 Å². The molecule has 0 aliphatic heterocycles. The lowest BCUT2D eigenvalue weighted by Gasteiger charge is -2.23. The third-order valence-electron chi connectivity index (χ3n) is 7.31. The van der Waals surface area contributed by atoms with Crippen molar-refractivity contribution in [3.05, 3.63) is 53.2 Å². The quantitative estimate of drug-likeness (QED) is 0.504. The van der Waals surface area contributed by atoms with Gasteiger partial charge in [-0.1, -0.05) is 38.8 Å². The van der Waals surface area contributed by atoms with Gasteiger partial charge >= 0.3 is 0 Å². The van der Waals surface area contributed by atoms with Crippen molar-refractivity contribution in [3.63, 3.8) is 0 Å². The molecule has 3 N–H and O–H groups in total. The second-order valence-corrected chi connectivity index (χ2v) is 10.4. The van der Waals surface area contributed by atoms with Crippen molar-refractivity contribution in [2.24, 2.45) is 11.3 Å². The van der Waals surface area contributed by atoms with Gasteiger partial charge in [-0.15, -0.1) is 0 Å². The van der Waals surface area contributed by atoms with Crippen molar-refractivity contribution in [1.29, 1.82) is 0 Å². The maximum absolute atomic E-state index is 12.5. The van der Waals surface area contributed by atoms with Crippen molar-refractivity contribution in [2.75, 3.05) is 7.05 Å². The van der Waals surface area contributed by atoms with E-state index in [1.165, 1.54) is 5.56 Å². The predicted molar refractivity (Wildman–Crippen MR) is 127 cm³/mol. The van der Waals surface area contributed by atoms with Gasteiger partial charge in [-0.25, -0.2) is 15.0 Å². The number of rotatable bonds is 2. The van der Waals surface area contributed by atoms with Crippen molar-refractivity contribution in [1.82, 2.24) is 24.8 Å². The summed E-state index contributed by atoms with van der Waals surface area (Å²) >= 11 is 0. The Morgan fingerprint density at radius 3 is 2.53 bits per heavy atom. The molecule has 0 radical (unpaired) electrons. The second-order valence-electron chi connectivity index (χ2n) is 10.4. The molecule has 2 aliphatic carbocycles. The van der Waals surface area contributed by atoms with Gasteiger partial charge in [-0.05, 0) is 42.4 Å². The Kier molecular flexibility index (Phi) is 5.04. The van der Waals surface area contributed by atoms with Crippen LogP contribution in [0.2, 0.25) is 0 Å². The number of fused-ring (bicyclic) bond motifs is 2. The summed E-state index contributed by atoms with van der Waals surface area (Å²) in [6.45, 7) is 8.35. The molecule has 8 heteroatoms. The van der Waals surface area contributed by atoms with E-state index < -0.39 is 23.7 Å². The zero-order valence-electron chi connectivity index (χ0n) is 20.0. The van der Waals surface area contributed by atoms with Crippen LogP contribution < -0.4 is 5.32 Å². The highest BCUT2D eigenvalue weighted by Gasteiger charge is 2.75. The van der Waals surface area contributed by atoms with Crippen LogP contribution in [0.3, 0.4) is 0 Å². The fourth-order valence-corrected chi connectivity index (χ4v) is 5.30. The van der Waals surface area contributed by atoms with Crippen LogP contribution in [0.5, 0.6) is 0 Å². The summed E-state index contributed by atoms with van der Waals surface area (Å²) in [5.74, 6) is 6.09. The molecule has 3 aromatic rings. The molecule has 0 unspecified atom stereocenters. The van der Waals surface area contributed by atoms with E-state index in [0.717, 1.165) is 5.56 Å². The van der Waals surface area contributed by atoms with Crippen LogP contribution in [0.25, 0.3) is 11.2 Å². The van der Waals surface area contributed by atoms with E-state index in [1.54, 1.807) is 17.9 Å². The highest BCUT2D eigenvalue weighted by molar-refractivity contribution is 5.87. The molecule has 8 nitrogen and oxygen atoms in total. The van der Waals surface area contributed by atoms with Gasteiger partial charge in [-0.2, -0.15) is 0 Å².